The molecule has 1 aromatic carbocycles. The SMILES string of the molecule is NCc1cccc(CN2CCC3(O)CCCCC3C2)c1F. The minimum atomic E-state index is -0.466. The molecular weight excluding hydrogens is 267 g/mol. The molecule has 2 atom stereocenters. The number of hydrogen-bond donors (Lipinski definition) is 2. The number of nitrogens with zero attached hydrogens (tertiary/aromatic N) is 1. The van der Waals surface area contributed by atoms with Gasteiger partial charge in [-0.05, 0) is 19.3 Å². The molecule has 116 valence electrons. The molecule has 1 saturated carbocycles. The Bertz CT molecular complexity index is 508. The summed E-state index contributed by atoms with van der Waals surface area (Å²) in [7, 11) is 0. The van der Waals surface area contributed by atoms with Crippen LogP contribution in [0.5, 0.6) is 0 Å². The molecule has 0 amide bonds. The number of nitrogens with two attached hydrogens (primary N) is 1. The fourth-order valence-electron chi connectivity index (χ4n) is 3.94. The molecule has 2 fully saturated rings. The third-order valence-corrected chi connectivity index (χ3v) is 5.28. The number of fused-ring (bicyclic) bond motifs is 1. The van der Waals surface area contributed by atoms with E-state index in [-0.39, 0.29) is 12.4 Å². The lowest BCUT2D eigenvalue weighted by atomic mass is 9.71. The number of hydrogen-bond acceptors (Lipinski definition) is 3. The highest BCUT2D eigenvalue weighted by molar-refractivity contribution is 5.26. The molecule has 4 heteroatoms. The van der Waals surface area contributed by atoms with E-state index in [0.29, 0.717) is 18.0 Å². The average molecular weight is 292 g/mol. The summed E-state index contributed by atoms with van der Waals surface area (Å²) in [5.41, 5.74) is 6.41. The fraction of sp³-hybridized carbons (Fsp3) is 0.647. The van der Waals surface area contributed by atoms with E-state index < -0.39 is 5.60 Å². The molecule has 0 spiro atoms. The smallest absolute Gasteiger partial charge is 0.132 e. The quantitative estimate of drug-likeness (QED) is 0.899. The predicted molar refractivity (Wildman–Crippen MR) is 81.1 cm³/mol. The van der Waals surface area contributed by atoms with Gasteiger partial charge in [0.15, 0.2) is 0 Å². The van der Waals surface area contributed by atoms with Crippen molar-refractivity contribution in [2.75, 3.05) is 13.1 Å². The Morgan fingerprint density at radius 2 is 2.10 bits per heavy atom. The second-order valence-corrected chi connectivity index (χ2v) is 6.63. The lowest BCUT2D eigenvalue weighted by molar-refractivity contribution is -0.0969. The Morgan fingerprint density at radius 1 is 1.29 bits per heavy atom. The highest BCUT2D eigenvalue weighted by atomic mass is 19.1. The van der Waals surface area contributed by atoms with Gasteiger partial charge >= 0.3 is 0 Å². The van der Waals surface area contributed by atoms with Gasteiger partial charge in [0.2, 0.25) is 0 Å². The Balaban J connectivity index is 1.69. The zero-order chi connectivity index (χ0) is 14.9. The minimum absolute atomic E-state index is 0.163. The van der Waals surface area contributed by atoms with Gasteiger partial charge in [-0.2, -0.15) is 0 Å². The number of piperidine rings is 1. The van der Waals surface area contributed by atoms with E-state index in [0.717, 1.165) is 44.3 Å². The van der Waals surface area contributed by atoms with Crippen molar-refractivity contribution in [3.8, 4) is 0 Å². The van der Waals surface area contributed by atoms with Crippen LogP contribution >= 0.6 is 0 Å². The summed E-state index contributed by atoms with van der Waals surface area (Å²) in [6.45, 7) is 2.58. The maximum absolute atomic E-state index is 14.3. The maximum atomic E-state index is 14.3. The molecular formula is C17H25FN2O. The lowest BCUT2D eigenvalue weighted by Gasteiger charge is -2.47. The first-order chi connectivity index (χ1) is 10.1. The molecule has 3 nitrogen and oxygen atoms in total. The summed E-state index contributed by atoms with van der Waals surface area (Å²) in [5.74, 6) is 0.185. The summed E-state index contributed by atoms with van der Waals surface area (Å²) in [6, 6.07) is 5.46. The molecule has 0 bridgehead atoms. The maximum Gasteiger partial charge on any atom is 0.132 e. The molecule has 1 aliphatic carbocycles. The van der Waals surface area contributed by atoms with Gasteiger partial charge in [-0.15, -0.1) is 0 Å². The van der Waals surface area contributed by atoms with E-state index in [1.807, 2.05) is 12.1 Å². The second kappa shape index (κ2) is 6.03. The molecule has 0 aromatic heterocycles. The Hall–Kier alpha value is -0.970. The molecule has 1 aromatic rings. The van der Waals surface area contributed by atoms with Crippen molar-refractivity contribution in [1.82, 2.24) is 4.90 Å². The number of rotatable bonds is 3. The van der Waals surface area contributed by atoms with Gasteiger partial charge in [-0.3, -0.25) is 4.90 Å². The van der Waals surface area contributed by atoms with Crippen molar-refractivity contribution in [1.29, 1.82) is 0 Å². The first-order valence-corrected chi connectivity index (χ1v) is 8.03. The third kappa shape index (κ3) is 2.98. The largest absolute Gasteiger partial charge is 0.390 e. The summed E-state index contributed by atoms with van der Waals surface area (Å²) in [5, 5.41) is 10.7. The van der Waals surface area contributed by atoms with Crippen molar-refractivity contribution in [2.24, 2.45) is 11.7 Å². The number of halogens is 1. The van der Waals surface area contributed by atoms with E-state index in [2.05, 4.69) is 4.90 Å². The van der Waals surface area contributed by atoms with Crippen LogP contribution in [0.1, 0.15) is 43.2 Å². The van der Waals surface area contributed by atoms with Gasteiger partial charge in [-0.1, -0.05) is 31.0 Å². The lowest BCUT2D eigenvalue weighted by Crippen LogP contribution is -2.53. The highest BCUT2D eigenvalue weighted by Crippen LogP contribution is 2.40. The fourth-order valence-corrected chi connectivity index (χ4v) is 3.94. The average Bonchev–Trinajstić information content (AvgIpc) is 2.49. The van der Waals surface area contributed by atoms with Crippen molar-refractivity contribution in [2.45, 2.75) is 50.8 Å². The van der Waals surface area contributed by atoms with Crippen molar-refractivity contribution < 1.29 is 9.50 Å². The van der Waals surface area contributed by atoms with E-state index in [1.54, 1.807) is 6.07 Å². The molecule has 3 rings (SSSR count). The number of likely N-dealkylation sites (tertiary alicyclic amines) is 1. The van der Waals surface area contributed by atoms with Gasteiger partial charge in [0.1, 0.15) is 5.82 Å². The molecule has 1 saturated heterocycles. The van der Waals surface area contributed by atoms with Crippen LogP contribution in [0.2, 0.25) is 0 Å². The number of aliphatic hydroxyl groups is 1. The van der Waals surface area contributed by atoms with Crippen LogP contribution in [0.4, 0.5) is 4.39 Å². The monoisotopic (exact) mass is 292 g/mol. The zero-order valence-corrected chi connectivity index (χ0v) is 12.5. The first kappa shape index (κ1) is 14.9. The standard InChI is InChI=1S/C17H25FN2O/c18-16-13(10-19)4-3-5-14(16)11-20-9-8-17(21)7-2-1-6-15(17)12-20/h3-5,15,21H,1-2,6-12,19H2. The molecule has 1 aliphatic heterocycles. The van der Waals surface area contributed by atoms with Crippen LogP contribution in [-0.2, 0) is 13.1 Å². The Kier molecular flexibility index (Phi) is 4.29. The van der Waals surface area contributed by atoms with Gasteiger partial charge in [0.05, 0.1) is 5.60 Å². The van der Waals surface area contributed by atoms with Gasteiger partial charge in [-0.25, -0.2) is 4.39 Å². The number of benzene rings is 1. The minimum Gasteiger partial charge on any atom is -0.390 e. The summed E-state index contributed by atoms with van der Waals surface area (Å²) < 4.78 is 14.3. The van der Waals surface area contributed by atoms with Crippen LogP contribution in [0, 0.1) is 11.7 Å². The van der Waals surface area contributed by atoms with E-state index in [9.17, 15) is 9.50 Å². The molecule has 21 heavy (non-hydrogen) atoms. The van der Waals surface area contributed by atoms with Gasteiger partial charge in [0.25, 0.3) is 0 Å². The molecule has 2 unspecified atom stereocenters. The molecule has 3 N–H and O–H groups in total. The van der Waals surface area contributed by atoms with Crippen LogP contribution in [0.3, 0.4) is 0 Å². The topological polar surface area (TPSA) is 49.5 Å². The normalized spacial score (nSPS) is 30.1. The summed E-state index contributed by atoms with van der Waals surface area (Å²) >= 11 is 0. The van der Waals surface area contributed by atoms with Crippen LogP contribution in [0.25, 0.3) is 0 Å². The van der Waals surface area contributed by atoms with Crippen LogP contribution in [0.15, 0.2) is 18.2 Å². The molecule has 2 aliphatic rings. The van der Waals surface area contributed by atoms with Crippen molar-refractivity contribution in [3.05, 3.63) is 35.1 Å². The molecule has 0 radical (unpaired) electrons. The van der Waals surface area contributed by atoms with Crippen LogP contribution < -0.4 is 5.73 Å². The second-order valence-electron chi connectivity index (χ2n) is 6.63. The Labute approximate surface area is 125 Å². The van der Waals surface area contributed by atoms with Crippen molar-refractivity contribution >= 4 is 0 Å². The van der Waals surface area contributed by atoms with Gasteiger partial charge in [0, 0.05) is 43.2 Å². The first-order valence-electron chi connectivity index (χ1n) is 8.03. The van der Waals surface area contributed by atoms with Crippen LogP contribution in [-0.4, -0.2) is 28.7 Å². The van der Waals surface area contributed by atoms with E-state index >= 15 is 0 Å². The summed E-state index contributed by atoms with van der Waals surface area (Å²) in [6.07, 6.45) is 5.19. The summed E-state index contributed by atoms with van der Waals surface area (Å²) in [4.78, 5) is 2.28. The molecule has 1 heterocycles. The van der Waals surface area contributed by atoms with E-state index in [4.69, 9.17) is 5.73 Å². The highest BCUT2D eigenvalue weighted by Gasteiger charge is 2.42. The van der Waals surface area contributed by atoms with E-state index in [1.165, 1.54) is 6.42 Å². The van der Waals surface area contributed by atoms with Crippen molar-refractivity contribution in [3.63, 3.8) is 0 Å². The Morgan fingerprint density at radius 3 is 2.90 bits per heavy atom. The third-order valence-electron chi connectivity index (χ3n) is 5.28. The predicted octanol–water partition coefficient (Wildman–Crippen LogP) is 2.41. The zero-order valence-electron chi connectivity index (χ0n) is 12.5. The van der Waals surface area contributed by atoms with Gasteiger partial charge < -0.3 is 10.8 Å².